The molecule has 0 fully saturated rings. The maximum absolute atomic E-state index is 3.46. The van der Waals surface area contributed by atoms with Crippen LogP contribution in [0.15, 0.2) is 57.9 Å². The molecule has 2 aromatic carbocycles. The average Bonchev–Trinajstić information content (AvgIpc) is 2.47. The lowest BCUT2D eigenvalue weighted by atomic mass is 10.1. The van der Waals surface area contributed by atoms with Crippen molar-refractivity contribution in [2.24, 2.45) is 0 Å². The summed E-state index contributed by atoms with van der Waals surface area (Å²) < 4.78 is 1.13. The third kappa shape index (κ3) is 4.65. The van der Waals surface area contributed by atoms with Gasteiger partial charge in [-0.3, -0.25) is 0 Å². The van der Waals surface area contributed by atoms with Crippen LogP contribution in [0.2, 0.25) is 0 Å². The van der Waals surface area contributed by atoms with Gasteiger partial charge < -0.3 is 5.32 Å². The zero-order valence-corrected chi connectivity index (χ0v) is 14.3. The standard InChI is InChI=1S/C17H20BrNS/c1-3-19-13(2)15-6-10-17(11-7-15)20-12-14-4-8-16(18)9-5-14/h4-11,13,19H,3,12H2,1-2H3. The van der Waals surface area contributed by atoms with E-state index in [9.17, 15) is 0 Å². The van der Waals surface area contributed by atoms with E-state index in [1.54, 1.807) is 0 Å². The van der Waals surface area contributed by atoms with Crippen LogP contribution < -0.4 is 5.32 Å². The van der Waals surface area contributed by atoms with E-state index in [1.807, 2.05) is 11.8 Å². The molecule has 0 spiro atoms. The summed E-state index contributed by atoms with van der Waals surface area (Å²) >= 11 is 5.34. The molecule has 0 aliphatic carbocycles. The van der Waals surface area contributed by atoms with Gasteiger partial charge in [-0.2, -0.15) is 0 Å². The Morgan fingerprint density at radius 1 is 1.05 bits per heavy atom. The van der Waals surface area contributed by atoms with Gasteiger partial charge in [-0.15, -0.1) is 11.8 Å². The second-order valence-electron chi connectivity index (χ2n) is 4.76. The van der Waals surface area contributed by atoms with Crippen LogP contribution in [0.5, 0.6) is 0 Å². The third-order valence-electron chi connectivity index (χ3n) is 3.21. The minimum Gasteiger partial charge on any atom is -0.310 e. The van der Waals surface area contributed by atoms with Crippen LogP contribution in [0.4, 0.5) is 0 Å². The van der Waals surface area contributed by atoms with Gasteiger partial charge in [-0.05, 0) is 48.9 Å². The number of nitrogens with one attached hydrogen (secondary N) is 1. The molecule has 0 radical (unpaired) electrons. The van der Waals surface area contributed by atoms with E-state index in [0.717, 1.165) is 16.8 Å². The first-order valence-corrected chi connectivity index (χ1v) is 8.67. The van der Waals surface area contributed by atoms with Crippen LogP contribution >= 0.6 is 27.7 Å². The van der Waals surface area contributed by atoms with Crippen molar-refractivity contribution in [2.75, 3.05) is 6.54 Å². The largest absolute Gasteiger partial charge is 0.310 e. The molecule has 1 unspecified atom stereocenters. The van der Waals surface area contributed by atoms with Crippen LogP contribution in [0.1, 0.15) is 31.0 Å². The van der Waals surface area contributed by atoms with Crippen LogP contribution in [0, 0.1) is 0 Å². The summed E-state index contributed by atoms with van der Waals surface area (Å²) in [4.78, 5) is 1.32. The van der Waals surface area contributed by atoms with Crippen molar-refractivity contribution in [2.45, 2.75) is 30.5 Å². The SMILES string of the molecule is CCNC(C)c1ccc(SCc2ccc(Br)cc2)cc1. The van der Waals surface area contributed by atoms with Gasteiger partial charge in [0.2, 0.25) is 0 Å². The van der Waals surface area contributed by atoms with Crippen molar-refractivity contribution in [3.63, 3.8) is 0 Å². The van der Waals surface area contributed by atoms with Gasteiger partial charge in [0.15, 0.2) is 0 Å². The zero-order valence-electron chi connectivity index (χ0n) is 11.9. The molecular formula is C17H20BrNS. The Balaban J connectivity index is 1.92. The molecule has 1 N–H and O–H groups in total. The molecule has 1 atom stereocenters. The van der Waals surface area contributed by atoms with Crippen LogP contribution in [-0.4, -0.2) is 6.54 Å². The lowest BCUT2D eigenvalue weighted by molar-refractivity contribution is 0.598. The summed E-state index contributed by atoms with van der Waals surface area (Å²) in [5, 5.41) is 3.43. The quantitative estimate of drug-likeness (QED) is 0.699. The Morgan fingerprint density at radius 3 is 2.30 bits per heavy atom. The molecule has 0 aliphatic heterocycles. The second kappa shape index (κ2) is 7.87. The molecule has 20 heavy (non-hydrogen) atoms. The molecule has 106 valence electrons. The Kier molecular flexibility index (Phi) is 6.14. The summed E-state index contributed by atoms with van der Waals surface area (Å²) in [6, 6.07) is 17.8. The van der Waals surface area contributed by atoms with Crippen molar-refractivity contribution in [1.29, 1.82) is 0 Å². The lowest BCUT2D eigenvalue weighted by Gasteiger charge is -2.13. The summed E-state index contributed by atoms with van der Waals surface area (Å²) in [7, 11) is 0. The van der Waals surface area contributed by atoms with Crippen LogP contribution in [0.25, 0.3) is 0 Å². The number of hydrogen-bond acceptors (Lipinski definition) is 2. The van der Waals surface area contributed by atoms with E-state index < -0.39 is 0 Å². The summed E-state index contributed by atoms with van der Waals surface area (Å²) in [5.74, 6) is 1.01. The first-order chi connectivity index (χ1) is 9.69. The number of hydrogen-bond donors (Lipinski definition) is 1. The van der Waals surface area contributed by atoms with Crippen molar-refractivity contribution in [3.8, 4) is 0 Å². The smallest absolute Gasteiger partial charge is 0.0291 e. The van der Waals surface area contributed by atoms with Gasteiger partial charge in [-0.1, -0.05) is 47.1 Å². The second-order valence-corrected chi connectivity index (χ2v) is 6.73. The van der Waals surface area contributed by atoms with Gasteiger partial charge in [0.05, 0.1) is 0 Å². The summed E-state index contributed by atoms with van der Waals surface area (Å²) in [5.41, 5.74) is 2.70. The summed E-state index contributed by atoms with van der Waals surface area (Å²) in [6.45, 7) is 5.34. The number of thioether (sulfide) groups is 1. The molecule has 1 nitrogen and oxygen atoms in total. The van der Waals surface area contributed by atoms with Crippen molar-refractivity contribution < 1.29 is 0 Å². The van der Waals surface area contributed by atoms with E-state index in [4.69, 9.17) is 0 Å². The van der Waals surface area contributed by atoms with Crippen molar-refractivity contribution in [3.05, 3.63) is 64.1 Å². The van der Waals surface area contributed by atoms with Crippen LogP contribution in [-0.2, 0) is 5.75 Å². The predicted molar refractivity (Wildman–Crippen MR) is 92.2 cm³/mol. The molecular weight excluding hydrogens is 330 g/mol. The Hall–Kier alpha value is -0.770. The molecule has 0 amide bonds. The summed E-state index contributed by atoms with van der Waals surface area (Å²) in [6.07, 6.45) is 0. The highest BCUT2D eigenvalue weighted by molar-refractivity contribution is 9.10. The first-order valence-electron chi connectivity index (χ1n) is 6.89. The van der Waals surface area contributed by atoms with E-state index in [1.165, 1.54) is 16.0 Å². The fourth-order valence-corrected chi connectivity index (χ4v) is 3.14. The number of halogens is 1. The molecule has 2 rings (SSSR count). The van der Waals surface area contributed by atoms with E-state index in [0.29, 0.717) is 6.04 Å². The van der Waals surface area contributed by atoms with Crippen molar-refractivity contribution >= 4 is 27.7 Å². The normalized spacial score (nSPS) is 12.3. The van der Waals surface area contributed by atoms with Gasteiger partial charge in [0, 0.05) is 21.2 Å². The van der Waals surface area contributed by atoms with Crippen molar-refractivity contribution in [1.82, 2.24) is 5.32 Å². The number of benzene rings is 2. The lowest BCUT2D eigenvalue weighted by Crippen LogP contribution is -2.17. The predicted octanol–water partition coefficient (Wildman–Crippen LogP) is 5.41. The topological polar surface area (TPSA) is 12.0 Å². The fraction of sp³-hybridized carbons (Fsp3) is 0.294. The van der Waals surface area contributed by atoms with Gasteiger partial charge in [-0.25, -0.2) is 0 Å². The van der Waals surface area contributed by atoms with E-state index in [-0.39, 0.29) is 0 Å². The van der Waals surface area contributed by atoms with Gasteiger partial charge >= 0.3 is 0 Å². The highest BCUT2D eigenvalue weighted by atomic mass is 79.9. The molecule has 0 saturated heterocycles. The molecule has 0 heterocycles. The highest BCUT2D eigenvalue weighted by Crippen LogP contribution is 2.25. The third-order valence-corrected chi connectivity index (χ3v) is 4.82. The number of rotatable bonds is 6. The Morgan fingerprint density at radius 2 is 1.70 bits per heavy atom. The zero-order chi connectivity index (χ0) is 14.4. The minimum absolute atomic E-state index is 0.422. The maximum Gasteiger partial charge on any atom is 0.0291 e. The molecule has 0 aliphatic rings. The molecule has 2 aromatic rings. The molecule has 0 bridgehead atoms. The Labute approximate surface area is 134 Å². The van der Waals surface area contributed by atoms with E-state index in [2.05, 4.69) is 83.6 Å². The average molecular weight is 350 g/mol. The molecule has 0 saturated carbocycles. The maximum atomic E-state index is 3.46. The highest BCUT2D eigenvalue weighted by Gasteiger charge is 2.03. The monoisotopic (exact) mass is 349 g/mol. The first kappa shape index (κ1) is 15.6. The van der Waals surface area contributed by atoms with E-state index >= 15 is 0 Å². The fourth-order valence-electron chi connectivity index (χ4n) is 2.02. The minimum atomic E-state index is 0.422. The van der Waals surface area contributed by atoms with Crippen LogP contribution in [0.3, 0.4) is 0 Å². The molecule has 0 aromatic heterocycles. The van der Waals surface area contributed by atoms with Gasteiger partial charge in [0.1, 0.15) is 0 Å². The Bertz CT molecular complexity index is 522. The molecule has 3 heteroatoms. The van der Waals surface area contributed by atoms with Gasteiger partial charge in [0.25, 0.3) is 0 Å².